The van der Waals surface area contributed by atoms with E-state index in [2.05, 4.69) is 17.0 Å². The quantitative estimate of drug-likeness (QED) is 0.440. The fourth-order valence-electron chi connectivity index (χ4n) is 1.89. The molecule has 1 atom stereocenters. The summed E-state index contributed by atoms with van der Waals surface area (Å²) in [6.07, 6.45) is 1.97. The van der Waals surface area contributed by atoms with E-state index in [9.17, 15) is 4.79 Å². The third-order valence-corrected chi connectivity index (χ3v) is 2.61. The van der Waals surface area contributed by atoms with Gasteiger partial charge in [-0.3, -0.25) is 9.69 Å². The van der Waals surface area contributed by atoms with Crippen LogP contribution in [0.1, 0.15) is 26.7 Å². The second kappa shape index (κ2) is 6.92. The zero-order valence-electron chi connectivity index (χ0n) is 10.3. The highest BCUT2D eigenvalue weighted by atomic mass is 16.6. The van der Waals surface area contributed by atoms with E-state index < -0.39 is 5.97 Å². The van der Waals surface area contributed by atoms with Gasteiger partial charge in [-0.25, -0.2) is 0 Å². The van der Waals surface area contributed by atoms with Gasteiger partial charge < -0.3 is 9.94 Å². The Bertz CT molecular complexity index is 354. The molecular weight excluding hydrogens is 220 g/mol. The summed E-state index contributed by atoms with van der Waals surface area (Å²) >= 11 is 0. The van der Waals surface area contributed by atoms with Gasteiger partial charge in [0.2, 0.25) is 0 Å². The van der Waals surface area contributed by atoms with Crippen molar-refractivity contribution in [2.45, 2.75) is 32.7 Å². The van der Waals surface area contributed by atoms with E-state index in [-0.39, 0.29) is 12.6 Å². The van der Waals surface area contributed by atoms with Crippen molar-refractivity contribution >= 4 is 11.7 Å². The summed E-state index contributed by atoms with van der Waals surface area (Å²) in [5, 5.41) is 12.6. The van der Waals surface area contributed by atoms with Crippen molar-refractivity contribution in [2.24, 2.45) is 5.16 Å². The maximum absolute atomic E-state index is 10.6. The number of oxime groups is 1. The highest BCUT2D eigenvalue weighted by Gasteiger charge is 2.26. The largest absolute Gasteiger partial charge is 0.480 e. The standard InChI is InChI=1S/C12H18N2O3/c1-3-5-10(2)13-17-9-11-6-4-7-14(11)8-12(15)16/h11H,4,6-9H2,1-2H3,(H,15,16)/b13-10-/t11-/m0/s1. The van der Waals surface area contributed by atoms with Gasteiger partial charge in [0.05, 0.1) is 6.54 Å². The molecule has 1 rings (SSSR count). The van der Waals surface area contributed by atoms with Crippen LogP contribution < -0.4 is 0 Å². The van der Waals surface area contributed by atoms with Gasteiger partial charge in [-0.15, -0.1) is 0 Å². The fourth-order valence-corrected chi connectivity index (χ4v) is 1.89. The van der Waals surface area contributed by atoms with Gasteiger partial charge in [0, 0.05) is 6.04 Å². The van der Waals surface area contributed by atoms with E-state index in [1.807, 2.05) is 4.90 Å². The number of hydrogen-bond donors (Lipinski definition) is 1. The lowest BCUT2D eigenvalue weighted by molar-refractivity contribution is -0.138. The molecule has 1 aliphatic heterocycles. The van der Waals surface area contributed by atoms with Crippen molar-refractivity contribution in [1.29, 1.82) is 0 Å². The predicted molar refractivity (Wildman–Crippen MR) is 64.7 cm³/mol. The lowest BCUT2D eigenvalue weighted by atomic mass is 10.2. The molecule has 1 saturated heterocycles. The number of likely N-dealkylation sites (tertiary alicyclic amines) is 1. The summed E-state index contributed by atoms with van der Waals surface area (Å²) < 4.78 is 0. The van der Waals surface area contributed by atoms with Crippen molar-refractivity contribution in [3.8, 4) is 11.8 Å². The molecule has 1 aliphatic rings. The number of carboxylic acid groups (broad SMARTS) is 1. The second-order valence-electron chi connectivity index (χ2n) is 4.01. The summed E-state index contributed by atoms with van der Waals surface area (Å²) in [5.41, 5.74) is 0.635. The molecule has 0 bridgehead atoms. The molecule has 5 heteroatoms. The second-order valence-corrected chi connectivity index (χ2v) is 4.01. The number of nitrogens with zero attached hydrogens (tertiary/aromatic N) is 2. The van der Waals surface area contributed by atoms with E-state index >= 15 is 0 Å². The predicted octanol–water partition coefficient (Wildman–Crippen LogP) is 0.951. The molecule has 0 amide bonds. The third kappa shape index (κ3) is 4.87. The van der Waals surface area contributed by atoms with Crippen molar-refractivity contribution < 1.29 is 14.7 Å². The van der Waals surface area contributed by atoms with Crippen LogP contribution in [0.25, 0.3) is 0 Å². The first kappa shape index (κ1) is 13.5. The molecular formula is C12H18N2O3. The van der Waals surface area contributed by atoms with Crippen LogP contribution in [-0.4, -0.2) is 47.4 Å². The lowest BCUT2D eigenvalue weighted by Crippen LogP contribution is -2.36. The third-order valence-electron chi connectivity index (χ3n) is 2.61. The molecule has 0 radical (unpaired) electrons. The Balaban J connectivity index is 2.37. The molecule has 94 valence electrons. The molecule has 0 aromatic rings. The van der Waals surface area contributed by atoms with Gasteiger partial charge in [-0.1, -0.05) is 11.1 Å². The zero-order valence-corrected chi connectivity index (χ0v) is 10.3. The number of hydrogen-bond acceptors (Lipinski definition) is 4. The molecule has 17 heavy (non-hydrogen) atoms. The molecule has 0 saturated carbocycles. The van der Waals surface area contributed by atoms with Crippen LogP contribution in [0, 0.1) is 11.8 Å². The topological polar surface area (TPSA) is 62.1 Å². The van der Waals surface area contributed by atoms with Crippen molar-refractivity contribution in [3.05, 3.63) is 0 Å². The van der Waals surface area contributed by atoms with E-state index in [0.29, 0.717) is 12.3 Å². The highest BCUT2D eigenvalue weighted by molar-refractivity contribution is 5.97. The summed E-state index contributed by atoms with van der Waals surface area (Å²) in [6.45, 7) is 4.84. The minimum Gasteiger partial charge on any atom is -0.480 e. The number of rotatable bonds is 5. The maximum Gasteiger partial charge on any atom is 0.317 e. The van der Waals surface area contributed by atoms with Gasteiger partial charge in [0.1, 0.15) is 12.3 Å². The Morgan fingerprint density at radius 1 is 1.65 bits per heavy atom. The number of carboxylic acids is 1. The summed E-state index contributed by atoms with van der Waals surface area (Å²) in [7, 11) is 0. The van der Waals surface area contributed by atoms with Crippen molar-refractivity contribution in [2.75, 3.05) is 19.7 Å². The minimum atomic E-state index is -0.798. The van der Waals surface area contributed by atoms with Crippen molar-refractivity contribution in [3.63, 3.8) is 0 Å². The van der Waals surface area contributed by atoms with Crippen LogP contribution in [0.3, 0.4) is 0 Å². The smallest absolute Gasteiger partial charge is 0.317 e. The van der Waals surface area contributed by atoms with Crippen LogP contribution in [-0.2, 0) is 9.63 Å². The van der Waals surface area contributed by atoms with Crippen molar-refractivity contribution in [1.82, 2.24) is 4.90 Å². The van der Waals surface area contributed by atoms with Gasteiger partial charge in [-0.2, -0.15) is 0 Å². The van der Waals surface area contributed by atoms with E-state index in [0.717, 1.165) is 19.4 Å². The molecule has 0 aromatic carbocycles. The monoisotopic (exact) mass is 238 g/mol. The summed E-state index contributed by atoms with van der Waals surface area (Å²) in [5.74, 6) is 4.72. The minimum absolute atomic E-state index is 0.0749. The van der Waals surface area contributed by atoms with Crippen LogP contribution >= 0.6 is 0 Å². The van der Waals surface area contributed by atoms with Gasteiger partial charge >= 0.3 is 5.97 Å². The van der Waals surface area contributed by atoms with Crippen LogP contribution in [0.5, 0.6) is 0 Å². The number of aliphatic carboxylic acids is 1. The van der Waals surface area contributed by atoms with Gasteiger partial charge in [-0.05, 0) is 39.2 Å². The molecule has 0 aromatic heterocycles. The SMILES string of the molecule is CC#C/C(C)=N\OC[C@@H]1CCCN1CC(=O)O. The number of carbonyl (C=O) groups is 1. The Labute approximate surface area is 101 Å². The van der Waals surface area contributed by atoms with E-state index in [4.69, 9.17) is 9.94 Å². The Morgan fingerprint density at radius 2 is 2.41 bits per heavy atom. The van der Waals surface area contributed by atoms with Crippen LogP contribution in [0.2, 0.25) is 0 Å². The average molecular weight is 238 g/mol. The first-order chi connectivity index (χ1) is 8.13. The Morgan fingerprint density at radius 3 is 3.06 bits per heavy atom. The lowest BCUT2D eigenvalue weighted by Gasteiger charge is -2.20. The molecule has 1 fully saturated rings. The summed E-state index contributed by atoms with van der Waals surface area (Å²) in [6, 6.07) is 0.150. The van der Waals surface area contributed by atoms with Crippen LogP contribution in [0.15, 0.2) is 5.16 Å². The Hall–Kier alpha value is -1.54. The van der Waals surface area contributed by atoms with E-state index in [1.165, 1.54) is 0 Å². The van der Waals surface area contributed by atoms with Gasteiger partial charge in [0.15, 0.2) is 0 Å². The maximum atomic E-state index is 10.6. The highest BCUT2D eigenvalue weighted by Crippen LogP contribution is 2.16. The summed E-state index contributed by atoms with van der Waals surface area (Å²) in [4.78, 5) is 17.7. The molecule has 0 aliphatic carbocycles. The van der Waals surface area contributed by atoms with E-state index in [1.54, 1.807) is 13.8 Å². The van der Waals surface area contributed by atoms with Gasteiger partial charge in [0.25, 0.3) is 0 Å². The first-order valence-electron chi connectivity index (χ1n) is 5.68. The molecule has 5 nitrogen and oxygen atoms in total. The molecule has 1 N–H and O–H groups in total. The Kier molecular flexibility index (Phi) is 5.50. The fraction of sp³-hybridized carbons (Fsp3) is 0.667. The molecule has 0 spiro atoms. The first-order valence-corrected chi connectivity index (χ1v) is 5.68. The zero-order chi connectivity index (χ0) is 12.7. The average Bonchev–Trinajstić information content (AvgIpc) is 2.65. The molecule has 1 heterocycles. The molecule has 0 unspecified atom stereocenters. The normalized spacial score (nSPS) is 20.8. The van der Waals surface area contributed by atoms with Crippen LogP contribution in [0.4, 0.5) is 0 Å².